The average Bonchev–Trinajstić information content (AvgIpc) is 3.11. The second-order valence-electron chi connectivity index (χ2n) is 9.23. The number of rotatable bonds is 9. The van der Waals surface area contributed by atoms with Gasteiger partial charge < -0.3 is 10.6 Å². The Morgan fingerprint density at radius 1 is 1.00 bits per heavy atom. The fraction of sp³-hybridized carbons (Fsp3) is 0.370. The molecule has 1 atom stereocenters. The van der Waals surface area contributed by atoms with Crippen molar-refractivity contribution in [3.8, 4) is 0 Å². The lowest BCUT2D eigenvalue weighted by molar-refractivity contribution is -0.136. The van der Waals surface area contributed by atoms with Gasteiger partial charge in [0.15, 0.2) is 0 Å². The van der Waals surface area contributed by atoms with Crippen molar-refractivity contribution >= 4 is 35.2 Å². The number of nitrogens with zero attached hydrogens (tertiary/aromatic N) is 1. The zero-order valence-electron chi connectivity index (χ0n) is 20.7. The van der Waals surface area contributed by atoms with Gasteiger partial charge in [-0.1, -0.05) is 38.1 Å². The van der Waals surface area contributed by atoms with Crippen LogP contribution < -0.4 is 16.0 Å². The van der Waals surface area contributed by atoms with E-state index in [1.165, 1.54) is 6.07 Å². The van der Waals surface area contributed by atoms with E-state index in [0.29, 0.717) is 6.54 Å². The zero-order chi connectivity index (χ0) is 26.7. The van der Waals surface area contributed by atoms with Crippen LogP contribution in [-0.2, 0) is 27.5 Å². The minimum atomic E-state index is -1.11. The smallest absolute Gasteiger partial charge is 0.262 e. The molecule has 0 aromatic heterocycles. The van der Waals surface area contributed by atoms with Crippen molar-refractivity contribution in [3.05, 3.63) is 64.5 Å². The van der Waals surface area contributed by atoms with Crippen LogP contribution in [0.15, 0.2) is 36.4 Å². The van der Waals surface area contributed by atoms with Gasteiger partial charge in [-0.05, 0) is 42.5 Å². The van der Waals surface area contributed by atoms with Crippen LogP contribution in [-0.4, -0.2) is 40.5 Å². The molecule has 0 saturated carbocycles. The molecule has 1 fully saturated rings. The van der Waals surface area contributed by atoms with Gasteiger partial charge in [-0.3, -0.25) is 34.2 Å². The molecule has 9 nitrogen and oxygen atoms in total. The highest BCUT2D eigenvalue weighted by atomic mass is 19.1. The van der Waals surface area contributed by atoms with Gasteiger partial charge >= 0.3 is 0 Å². The van der Waals surface area contributed by atoms with Crippen LogP contribution in [0.4, 0.5) is 10.1 Å². The Hall–Kier alpha value is -4.08. The molecule has 1 unspecified atom stereocenters. The number of carbonyl (C=O) groups excluding carboxylic acids is 5. The Kier molecular flexibility index (Phi) is 7.66. The van der Waals surface area contributed by atoms with E-state index in [2.05, 4.69) is 16.0 Å². The minimum absolute atomic E-state index is 0.00199. The summed E-state index contributed by atoms with van der Waals surface area (Å²) in [7, 11) is 0. The van der Waals surface area contributed by atoms with Crippen molar-refractivity contribution in [2.45, 2.75) is 58.7 Å². The topological polar surface area (TPSA) is 125 Å². The molecule has 3 N–H and O–H groups in total. The third-order valence-corrected chi connectivity index (χ3v) is 6.86. The van der Waals surface area contributed by atoms with E-state index < -0.39 is 35.5 Å². The van der Waals surface area contributed by atoms with Crippen molar-refractivity contribution in [3.63, 3.8) is 0 Å². The third kappa shape index (κ3) is 5.37. The van der Waals surface area contributed by atoms with Crippen LogP contribution in [0.2, 0.25) is 0 Å². The molecule has 194 valence electrons. The molecule has 1 saturated heterocycles. The second-order valence-corrected chi connectivity index (χ2v) is 9.23. The number of anilines is 1. The maximum atomic E-state index is 14.8. The fourth-order valence-electron chi connectivity index (χ4n) is 4.59. The normalized spacial score (nSPS) is 17.2. The van der Waals surface area contributed by atoms with E-state index in [1.54, 1.807) is 0 Å². The SMILES string of the molecule is CCC(CC)C(=O)NCc1ccc(CNc2cc3c(cc2F)C(=O)N(C2CCC(=O)NC2=O)C3=O)cc1. The highest BCUT2D eigenvalue weighted by Crippen LogP contribution is 2.31. The summed E-state index contributed by atoms with van der Waals surface area (Å²) in [5, 5.41) is 8.02. The van der Waals surface area contributed by atoms with Gasteiger partial charge in [-0.25, -0.2) is 4.39 Å². The van der Waals surface area contributed by atoms with Gasteiger partial charge in [0.1, 0.15) is 11.9 Å². The molecule has 2 heterocycles. The Balaban J connectivity index is 1.40. The van der Waals surface area contributed by atoms with Gasteiger partial charge in [-0.15, -0.1) is 0 Å². The molecule has 2 aromatic carbocycles. The van der Waals surface area contributed by atoms with Crippen molar-refractivity contribution in [1.82, 2.24) is 15.5 Å². The molecule has 2 aromatic rings. The van der Waals surface area contributed by atoms with E-state index in [0.717, 1.165) is 34.9 Å². The predicted molar refractivity (Wildman–Crippen MR) is 133 cm³/mol. The summed E-state index contributed by atoms with van der Waals surface area (Å²) in [4.78, 5) is 62.3. The molecule has 4 rings (SSSR count). The van der Waals surface area contributed by atoms with E-state index in [1.807, 2.05) is 38.1 Å². The quantitative estimate of drug-likeness (QED) is 0.448. The molecule has 5 amide bonds. The van der Waals surface area contributed by atoms with Crippen molar-refractivity contribution in [2.75, 3.05) is 5.32 Å². The van der Waals surface area contributed by atoms with Crippen molar-refractivity contribution < 1.29 is 28.4 Å². The second kappa shape index (κ2) is 10.9. The first-order chi connectivity index (χ1) is 17.7. The lowest BCUT2D eigenvalue weighted by Crippen LogP contribution is -2.54. The number of benzene rings is 2. The summed E-state index contributed by atoms with van der Waals surface area (Å²) < 4.78 is 14.8. The summed E-state index contributed by atoms with van der Waals surface area (Å²) in [5.41, 5.74) is 1.72. The Morgan fingerprint density at radius 3 is 2.19 bits per heavy atom. The average molecular weight is 509 g/mol. The molecular weight excluding hydrogens is 479 g/mol. The number of halogens is 1. The van der Waals surface area contributed by atoms with Crippen LogP contribution in [0.5, 0.6) is 0 Å². The van der Waals surface area contributed by atoms with Gasteiger partial charge in [0.05, 0.1) is 16.8 Å². The van der Waals surface area contributed by atoms with Gasteiger partial charge in [0.2, 0.25) is 17.7 Å². The number of nitrogens with one attached hydrogen (secondary N) is 3. The van der Waals surface area contributed by atoms with Crippen LogP contribution in [0, 0.1) is 11.7 Å². The predicted octanol–water partition coefficient (Wildman–Crippen LogP) is 2.89. The van der Waals surface area contributed by atoms with Crippen LogP contribution in [0.25, 0.3) is 0 Å². The summed E-state index contributed by atoms with van der Waals surface area (Å²) in [6.45, 7) is 4.65. The van der Waals surface area contributed by atoms with Crippen LogP contribution >= 0.6 is 0 Å². The Bertz CT molecular complexity index is 1260. The van der Waals surface area contributed by atoms with Gasteiger partial charge in [-0.2, -0.15) is 0 Å². The molecule has 2 aliphatic rings. The van der Waals surface area contributed by atoms with Crippen molar-refractivity contribution in [1.29, 1.82) is 0 Å². The van der Waals surface area contributed by atoms with Gasteiger partial charge in [0, 0.05) is 25.4 Å². The molecule has 0 bridgehead atoms. The number of amides is 5. The number of imide groups is 2. The monoisotopic (exact) mass is 508 g/mol. The standard InChI is InChI=1S/C27H29FN4O5/c1-3-17(4-2)24(34)30-14-16-7-5-15(6-8-16)13-29-21-12-19-18(11-20(21)28)26(36)32(27(19)37)22-9-10-23(33)31-25(22)35/h5-8,11-12,17,22,29H,3-4,9-10,13-14H2,1-2H3,(H,30,34)(H,31,33,35). The lowest BCUT2D eigenvalue weighted by Gasteiger charge is -2.27. The molecular formula is C27H29FN4O5. The number of carbonyl (C=O) groups is 5. The largest absolute Gasteiger partial charge is 0.379 e. The molecule has 10 heteroatoms. The van der Waals surface area contributed by atoms with Crippen LogP contribution in [0.1, 0.15) is 71.4 Å². The number of hydrogen-bond acceptors (Lipinski definition) is 6. The molecule has 0 aliphatic carbocycles. The van der Waals surface area contributed by atoms with Gasteiger partial charge in [0.25, 0.3) is 11.8 Å². The lowest BCUT2D eigenvalue weighted by atomic mass is 10.0. The van der Waals surface area contributed by atoms with E-state index >= 15 is 0 Å². The molecule has 37 heavy (non-hydrogen) atoms. The van der Waals surface area contributed by atoms with Crippen molar-refractivity contribution in [2.24, 2.45) is 5.92 Å². The highest BCUT2D eigenvalue weighted by molar-refractivity contribution is 6.23. The minimum Gasteiger partial charge on any atom is -0.379 e. The summed E-state index contributed by atoms with van der Waals surface area (Å²) in [5.74, 6) is -3.30. The van der Waals surface area contributed by atoms with E-state index in [4.69, 9.17) is 0 Å². The van der Waals surface area contributed by atoms with Crippen LogP contribution in [0.3, 0.4) is 0 Å². The van der Waals surface area contributed by atoms with E-state index in [-0.39, 0.29) is 48.0 Å². The van der Waals surface area contributed by atoms with E-state index in [9.17, 15) is 28.4 Å². The fourth-order valence-corrected chi connectivity index (χ4v) is 4.59. The zero-order valence-corrected chi connectivity index (χ0v) is 20.7. The first-order valence-electron chi connectivity index (χ1n) is 12.4. The number of hydrogen-bond donors (Lipinski definition) is 3. The summed E-state index contributed by atoms with van der Waals surface area (Å²) in [6, 6.07) is 8.63. The first kappa shape index (κ1) is 26.0. The number of fused-ring (bicyclic) bond motifs is 1. The summed E-state index contributed by atoms with van der Waals surface area (Å²) >= 11 is 0. The molecule has 0 radical (unpaired) electrons. The first-order valence-corrected chi connectivity index (χ1v) is 12.4. The maximum Gasteiger partial charge on any atom is 0.262 e. The Morgan fingerprint density at radius 2 is 1.59 bits per heavy atom. The highest BCUT2D eigenvalue weighted by Gasteiger charge is 2.45. The molecule has 2 aliphatic heterocycles. The Labute approximate surface area is 213 Å². The number of piperidine rings is 1. The third-order valence-electron chi connectivity index (χ3n) is 6.86. The molecule has 0 spiro atoms. The maximum absolute atomic E-state index is 14.8. The summed E-state index contributed by atoms with van der Waals surface area (Å²) in [6.07, 6.45) is 1.62.